The molecule has 3 heteroatoms. The molecule has 0 atom stereocenters. The Morgan fingerprint density at radius 3 is 3.00 bits per heavy atom. The van der Waals surface area contributed by atoms with E-state index in [9.17, 15) is 4.79 Å². The monoisotopic (exact) mass is 212 g/mol. The van der Waals surface area contributed by atoms with Crippen molar-refractivity contribution in [1.82, 2.24) is 5.32 Å². The van der Waals surface area contributed by atoms with Gasteiger partial charge in [0.15, 0.2) is 0 Å². The highest BCUT2D eigenvalue weighted by Crippen LogP contribution is 2.14. The highest BCUT2D eigenvalue weighted by Gasteiger charge is 2.05. The fraction of sp³-hybridized carbons (Fsp3) is 0.125. The summed E-state index contributed by atoms with van der Waals surface area (Å²) in [5.41, 5.74) is 0.537. The maximum atomic E-state index is 11.1. The summed E-state index contributed by atoms with van der Waals surface area (Å²) in [6.45, 7) is 0. The minimum absolute atomic E-state index is 0.127. The predicted molar refractivity (Wildman–Crippen MR) is 46.4 cm³/mol. The Bertz CT molecular complexity index is 273. The Morgan fingerprint density at radius 1 is 1.73 bits per heavy atom. The summed E-state index contributed by atoms with van der Waals surface area (Å²) in [6.07, 6.45) is 0. The van der Waals surface area contributed by atoms with Gasteiger partial charge in [0.1, 0.15) is 0 Å². The van der Waals surface area contributed by atoms with Gasteiger partial charge < -0.3 is 5.32 Å². The van der Waals surface area contributed by atoms with E-state index in [0.717, 1.165) is 4.47 Å². The third-order valence-corrected chi connectivity index (χ3v) is 1.92. The van der Waals surface area contributed by atoms with Gasteiger partial charge in [-0.05, 0) is 28.1 Å². The first-order chi connectivity index (χ1) is 5.25. The molecule has 0 bridgehead atoms. The molecular weight excluding hydrogens is 206 g/mol. The van der Waals surface area contributed by atoms with Crippen LogP contribution in [0.4, 0.5) is 0 Å². The van der Waals surface area contributed by atoms with Crippen LogP contribution in [0.3, 0.4) is 0 Å². The summed E-state index contributed by atoms with van der Waals surface area (Å²) in [4.78, 5) is 11.1. The summed E-state index contributed by atoms with van der Waals surface area (Å²) >= 11 is 3.25. The van der Waals surface area contributed by atoms with Crippen molar-refractivity contribution in [2.24, 2.45) is 0 Å². The molecule has 0 aromatic heterocycles. The van der Waals surface area contributed by atoms with Crippen LogP contribution in [0.1, 0.15) is 10.4 Å². The van der Waals surface area contributed by atoms with Crippen LogP contribution >= 0.6 is 15.9 Å². The van der Waals surface area contributed by atoms with Gasteiger partial charge >= 0.3 is 0 Å². The van der Waals surface area contributed by atoms with Gasteiger partial charge in [-0.1, -0.05) is 12.1 Å². The average molecular weight is 213 g/mol. The van der Waals surface area contributed by atoms with Gasteiger partial charge in [0.2, 0.25) is 0 Å². The molecule has 0 heterocycles. The van der Waals surface area contributed by atoms with Crippen molar-refractivity contribution >= 4 is 21.8 Å². The zero-order valence-electron chi connectivity index (χ0n) is 6.02. The van der Waals surface area contributed by atoms with Crippen LogP contribution in [-0.4, -0.2) is 13.0 Å². The highest BCUT2D eigenvalue weighted by molar-refractivity contribution is 9.10. The fourth-order valence-electron chi connectivity index (χ4n) is 0.715. The van der Waals surface area contributed by atoms with Crippen LogP contribution in [0.25, 0.3) is 0 Å². The van der Waals surface area contributed by atoms with Crippen molar-refractivity contribution in [3.8, 4) is 0 Å². The molecule has 1 amide bonds. The van der Waals surface area contributed by atoms with Crippen LogP contribution in [0.5, 0.6) is 0 Å². The van der Waals surface area contributed by atoms with Gasteiger partial charge in [-0.25, -0.2) is 0 Å². The van der Waals surface area contributed by atoms with E-state index in [1.165, 1.54) is 0 Å². The van der Waals surface area contributed by atoms with Crippen LogP contribution in [-0.2, 0) is 0 Å². The van der Waals surface area contributed by atoms with Gasteiger partial charge in [-0.3, -0.25) is 4.79 Å². The van der Waals surface area contributed by atoms with E-state index in [-0.39, 0.29) is 5.91 Å². The Morgan fingerprint density at radius 2 is 2.45 bits per heavy atom. The Kier molecular flexibility index (Phi) is 2.65. The lowest BCUT2D eigenvalue weighted by Gasteiger charge is -1.99. The highest BCUT2D eigenvalue weighted by atomic mass is 79.9. The lowest BCUT2D eigenvalue weighted by molar-refractivity contribution is 0.0962. The zero-order valence-corrected chi connectivity index (χ0v) is 7.60. The Labute approximate surface area is 73.7 Å². The van der Waals surface area contributed by atoms with Gasteiger partial charge in [0.05, 0.1) is 5.56 Å². The van der Waals surface area contributed by atoms with E-state index < -0.39 is 0 Å². The fourth-order valence-corrected chi connectivity index (χ4v) is 1.16. The minimum atomic E-state index is -0.127. The molecule has 11 heavy (non-hydrogen) atoms. The second kappa shape index (κ2) is 3.53. The largest absolute Gasteiger partial charge is 0.355 e. The summed E-state index contributed by atoms with van der Waals surface area (Å²) in [5, 5.41) is 2.52. The molecule has 0 fully saturated rings. The summed E-state index contributed by atoms with van der Waals surface area (Å²) in [6, 6.07) is 8.15. The van der Waals surface area contributed by atoms with Crippen molar-refractivity contribution in [3.63, 3.8) is 0 Å². The topological polar surface area (TPSA) is 29.1 Å². The lowest BCUT2D eigenvalue weighted by atomic mass is 10.2. The predicted octanol–water partition coefficient (Wildman–Crippen LogP) is 1.61. The molecule has 0 aliphatic rings. The van der Waals surface area contributed by atoms with Gasteiger partial charge in [0.25, 0.3) is 5.91 Å². The third kappa shape index (κ3) is 1.80. The minimum Gasteiger partial charge on any atom is -0.355 e. The number of hydrogen-bond donors (Lipinski definition) is 1. The molecule has 1 aromatic rings. The number of hydrogen-bond acceptors (Lipinski definition) is 1. The molecule has 1 rings (SSSR count). The van der Waals surface area contributed by atoms with E-state index in [0.29, 0.717) is 5.56 Å². The van der Waals surface area contributed by atoms with Crippen molar-refractivity contribution < 1.29 is 4.79 Å². The number of rotatable bonds is 1. The van der Waals surface area contributed by atoms with E-state index in [1.807, 2.05) is 6.07 Å². The molecule has 57 valence electrons. The van der Waals surface area contributed by atoms with E-state index in [2.05, 4.69) is 27.3 Å². The smallest absolute Gasteiger partial charge is 0.252 e. The molecule has 0 saturated carbocycles. The molecule has 0 aliphatic carbocycles. The van der Waals surface area contributed by atoms with Crippen molar-refractivity contribution in [1.29, 1.82) is 0 Å². The number of amides is 1. The van der Waals surface area contributed by atoms with E-state index in [1.54, 1.807) is 19.2 Å². The number of carbonyl (C=O) groups excluding carboxylic acids is 1. The summed E-state index contributed by atoms with van der Waals surface area (Å²) in [5.74, 6) is -0.127. The van der Waals surface area contributed by atoms with Gasteiger partial charge in [0, 0.05) is 11.5 Å². The Balaban J connectivity index is 3.03. The number of nitrogens with one attached hydrogen (secondary N) is 1. The van der Waals surface area contributed by atoms with E-state index in [4.69, 9.17) is 0 Å². The second-order valence-corrected chi connectivity index (χ2v) is 2.83. The lowest BCUT2D eigenvalue weighted by Crippen LogP contribution is -2.18. The van der Waals surface area contributed by atoms with Crippen LogP contribution in [0, 0.1) is 6.07 Å². The van der Waals surface area contributed by atoms with Crippen LogP contribution in [0.15, 0.2) is 22.7 Å². The van der Waals surface area contributed by atoms with Crippen LogP contribution in [0.2, 0.25) is 0 Å². The Hall–Kier alpha value is -0.830. The molecule has 2 nitrogen and oxygen atoms in total. The molecule has 1 radical (unpaired) electrons. The van der Waals surface area contributed by atoms with Gasteiger partial charge in [-0.15, -0.1) is 0 Å². The first-order valence-electron chi connectivity index (χ1n) is 3.14. The standard InChI is InChI=1S/C8H7BrNO/c1-10-8(11)6-4-2-3-5-7(6)9/h2-3,5H,1H3,(H,10,11). The first-order valence-corrected chi connectivity index (χ1v) is 3.93. The average Bonchev–Trinajstić information content (AvgIpc) is 2.04. The summed E-state index contributed by atoms with van der Waals surface area (Å²) in [7, 11) is 1.59. The quantitative estimate of drug-likeness (QED) is 0.754. The van der Waals surface area contributed by atoms with Crippen molar-refractivity contribution in [2.45, 2.75) is 0 Å². The molecule has 0 unspecified atom stereocenters. The maximum Gasteiger partial charge on any atom is 0.252 e. The molecule has 0 spiro atoms. The molecular formula is C8H7BrNO. The third-order valence-electron chi connectivity index (χ3n) is 1.26. The summed E-state index contributed by atoms with van der Waals surface area (Å²) < 4.78 is 0.763. The van der Waals surface area contributed by atoms with Crippen molar-refractivity contribution in [3.05, 3.63) is 34.3 Å². The zero-order chi connectivity index (χ0) is 8.27. The van der Waals surface area contributed by atoms with Gasteiger partial charge in [-0.2, -0.15) is 0 Å². The maximum absolute atomic E-state index is 11.1. The molecule has 1 N–H and O–H groups in total. The number of carbonyl (C=O) groups is 1. The second-order valence-electron chi connectivity index (χ2n) is 1.97. The number of halogens is 1. The molecule has 0 aliphatic heterocycles. The SMILES string of the molecule is CNC(=O)c1[c]cccc1Br. The molecule has 0 saturated heterocycles. The van der Waals surface area contributed by atoms with Crippen molar-refractivity contribution in [2.75, 3.05) is 7.05 Å². The first kappa shape index (κ1) is 8.27. The molecule has 1 aromatic carbocycles. The van der Waals surface area contributed by atoms with E-state index >= 15 is 0 Å². The van der Waals surface area contributed by atoms with Crippen LogP contribution < -0.4 is 5.32 Å². The number of benzene rings is 1. The normalized spacial score (nSPS) is 9.27.